The lowest BCUT2D eigenvalue weighted by molar-refractivity contribution is 0.404. The summed E-state index contributed by atoms with van der Waals surface area (Å²) < 4.78 is 0. The van der Waals surface area contributed by atoms with Gasteiger partial charge in [-0.05, 0) is 73.4 Å². The summed E-state index contributed by atoms with van der Waals surface area (Å²) in [5.74, 6) is 1.61. The molecule has 0 aliphatic carbocycles. The average molecular weight is 355 g/mol. The van der Waals surface area contributed by atoms with E-state index in [1.165, 1.54) is 30.4 Å². The molecule has 2 heteroatoms. The second-order valence-corrected chi connectivity index (χ2v) is 7.79. The molecule has 0 aliphatic rings. The van der Waals surface area contributed by atoms with Crippen molar-refractivity contribution in [2.45, 2.75) is 73.1 Å². The van der Waals surface area contributed by atoms with Crippen molar-refractivity contribution in [2.24, 2.45) is 5.92 Å². The molecule has 0 aromatic heterocycles. The number of hydrogen-bond acceptors (Lipinski definition) is 2. The average Bonchev–Trinajstić information content (AvgIpc) is 2.60. The summed E-state index contributed by atoms with van der Waals surface area (Å²) in [6, 6.07) is 8.55. The summed E-state index contributed by atoms with van der Waals surface area (Å²) in [6.07, 6.45) is 4.73. The van der Waals surface area contributed by atoms with Gasteiger partial charge in [-0.2, -0.15) is 0 Å². The van der Waals surface area contributed by atoms with Gasteiger partial charge in [0.05, 0.1) is 0 Å². The predicted octanol–water partition coefficient (Wildman–Crippen LogP) is 6.68. The Kier molecular flexibility index (Phi) is 6.75. The highest BCUT2D eigenvalue weighted by molar-refractivity contribution is 5.49. The van der Waals surface area contributed by atoms with Crippen molar-refractivity contribution in [3.05, 3.63) is 57.6 Å². The van der Waals surface area contributed by atoms with Crippen LogP contribution in [0.15, 0.2) is 24.3 Å². The highest BCUT2D eigenvalue weighted by Crippen LogP contribution is 2.41. The van der Waals surface area contributed by atoms with Crippen molar-refractivity contribution >= 4 is 0 Å². The Morgan fingerprint density at radius 2 is 1.12 bits per heavy atom. The Morgan fingerprint density at radius 3 is 1.42 bits per heavy atom. The van der Waals surface area contributed by atoms with Crippen LogP contribution >= 0.6 is 0 Å². The van der Waals surface area contributed by atoms with E-state index in [2.05, 4.69) is 38.1 Å². The first-order valence-corrected chi connectivity index (χ1v) is 9.90. The summed E-state index contributed by atoms with van der Waals surface area (Å²) >= 11 is 0. The Balaban J connectivity index is 2.62. The summed E-state index contributed by atoms with van der Waals surface area (Å²) in [6.45, 7) is 12.4. The molecule has 0 radical (unpaired) electrons. The van der Waals surface area contributed by atoms with Crippen molar-refractivity contribution in [1.82, 2.24) is 0 Å². The molecule has 1 atom stereocenters. The summed E-state index contributed by atoms with van der Waals surface area (Å²) in [5.41, 5.74) is 6.27. The van der Waals surface area contributed by atoms with Crippen molar-refractivity contribution in [2.75, 3.05) is 0 Å². The van der Waals surface area contributed by atoms with Gasteiger partial charge in [0.2, 0.25) is 0 Å². The van der Waals surface area contributed by atoms with Crippen LogP contribution in [0.2, 0.25) is 0 Å². The number of aryl methyl sites for hydroxylation is 4. The third-order valence-electron chi connectivity index (χ3n) is 5.67. The van der Waals surface area contributed by atoms with E-state index in [1.54, 1.807) is 0 Å². The van der Waals surface area contributed by atoms with Crippen LogP contribution in [0.25, 0.3) is 0 Å². The molecule has 142 valence electrons. The fraction of sp³-hybridized carbons (Fsp3) is 0.500. The molecule has 0 spiro atoms. The molecule has 0 saturated carbocycles. The Bertz CT molecular complexity index is 657. The van der Waals surface area contributed by atoms with Gasteiger partial charge in [-0.1, -0.05) is 57.4 Å². The normalized spacial score (nSPS) is 12.6. The summed E-state index contributed by atoms with van der Waals surface area (Å²) in [5, 5.41) is 20.4. The molecule has 26 heavy (non-hydrogen) atoms. The largest absolute Gasteiger partial charge is 0.507 e. The van der Waals surface area contributed by atoms with Crippen molar-refractivity contribution < 1.29 is 10.2 Å². The maximum atomic E-state index is 10.2. The molecule has 0 aliphatic heterocycles. The molecule has 2 aromatic rings. The van der Waals surface area contributed by atoms with Gasteiger partial charge in [-0.25, -0.2) is 0 Å². The molecule has 2 rings (SSSR count). The quantitative estimate of drug-likeness (QED) is 0.582. The smallest absolute Gasteiger partial charge is 0.121 e. The third kappa shape index (κ3) is 4.23. The maximum Gasteiger partial charge on any atom is 0.121 e. The number of hydrogen-bond donors (Lipinski definition) is 2. The van der Waals surface area contributed by atoms with Crippen LogP contribution in [0.3, 0.4) is 0 Å². The lowest BCUT2D eigenvalue weighted by Gasteiger charge is -2.29. The van der Waals surface area contributed by atoms with E-state index in [1.807, 2.05) is 27.7 Å². The number of aromatic hydroxyl groups is 2. The lowest BCUT2D eigenvalue weighted by Crippen LogP contribution is -2.15. The molecule has 2 nitrogen and oxygen atoms in total. The van der Waals surface area contributed by atoms with Crippen LogP contribution in [0, 0.1) is 33.6 Å². The van der Waals surface area contributed by atoms with Crippen molar-refractivity contribution in [3.63, 3.8) is 0 Å². The van der Waals surface area contributed by atoms with Crippen molar-refractivity contribution in [3.8, 4) is 11.5 Å². The van der Waals surface area contributed by atoms with E-state index >= 15 is 0 Å². The van der Waals surface area contributed by atoms with Gasteiger partial charge in [-0.3, -0.25) is 0 Å². The van der Waals surface area contributed by atoms with Gasteiger partial charge in [0.15, 0.2) is 0 Å². The number of unbranched alkanes of at least 4 members (excludes halogenated alkanes) is 1. The molecule has 0 saturated heterocycles. The van der Waals surface area contributed by atoms with Crippen LogP contribution in [0.5, 0.6) is 11.5 Å². The minimum absolute atomic E-state index is 0.280. The van der Waals surface area contributed by atoms with Gasteiger partial charge in [0, 0.05) is 5.92 Å². The lowest BCUT2D eigenvalue weighted by atomic mass is 9.75. The van der Waals surface area contributed by atoms with Crippen LogP contribution in [-0.4, -0.2) is 10.2 Å². The zero-order chi connectivity index (χ0) is 19.4. The van der Waals surface area contributed by atoms with Crippen molar-refractivity contribution in [1.29, 1.82) is 0 Å². The first-order chi connectivity index (χ1) is 12.3. The monoisotopic (exact) mass is 354 g/mol. The molecule has 1 unspecified atom stereocenters. The van der Waals surface area contributed by atoms with Gasteiger partial charge in [0.1, 0.15) is 11.5 Å². The molecule has 0 fully saturated rings. The van der Waals surface area contributed by atoms with Gasteiger partial charge >= 0.3 is 0 Å². The molecule has 2 aromatic carbocycles. The second kappa shape index (κ2) is 8.62. The zero-order valence-corrected chi connectivity index (χ0v) is 17.2. The highest BCUT2D eigenvalue weighted by Gasteiger charge is 2.25. The van der Waals surface area contributed by atoms with E-state index in [0.717, 1.165) is 28.7 Å². The Labute approximate surface area is 158 Å². The number of phenolic OH excluding ortho intramolecular Hbond substituents is 2. The number of rotatable bonds is 7. The Hall–Kier alpha value is -1.96. The first kappa shape index (κ1) is 20.4. The van der Waals surface area contributed by atoms with Crippen LogP contribution in [0.4, 0.5) is 0 Å². The topological polar surface area (TPSA) is 40.5 Å². The number of phenols is 2. The van der Waals surface area contributed by atoms with E-state index < -0.39 is 0 Å². The van der Waals surface area contributed by atoms with E-state index in [-0.39, 0.29) is 5.92 Å². The van der Waals surface area contributed by atoms with Crippen LogP contribution < -0.4 is 0 Å². The molecule has 2 N–H and O–H groups in total. The minimum atomic E-state index is 0.280. The Morgan fingerprint density at radius 1 is 0.731 bits per heavy atom. The highest BCUT2D eigenvalue weighted by atomic mass is 16.3. The van der Waals surface area contributed by atoms with E-state index in [0.29, 0.717) is 17.4 Å². The standard InChI is InChI=1S/C24H34O2/c1-7-9-10-19(8-2)22(20-11-15(3)23(25)16(4)12-20)21-13-17(5)24(26)18(6)14-21/h11-14,19,22,25-26H,7-10H2,1-6H3. The SMILES string of the molecule is CCCCC(CC)C(c1cc(C)c(O)c(C)c1)c1cc(C)c(O)c(C)c1. The fourth-order valence-electron chi connectivity index (χ4n) is 4.15. The van der Waals surface area contributed by atoms with Gasteiger partial charge in [0.25, 0.3) is 0 Å². The van der Waals surface area contributed by atoms with E-state index in [4.69, 9.17) is 0 Å². The summed E-state index contributed by atoms with van der Waals surface area (Å²) in [7, 11) is 0. The predicted molar refractivity (Wildman–Crippen MR) is 110 cm³/mol. The number of benzene rings is 2. The molecule has 0 amide bonds. The molecular weight excluding hydrogens is 320 g/mol. The van der Waals surface area contributed by atoms with Gasteiger partial charge in [-0.15, -0.1) is 0 Å². The molecule has 0 bridgehead atoms. The summed E-state index contributed by atoms with van der Waals surface area (Å²) in [4.78, 5) is 0. The zero-order valence-electron chi connectivity index (χ0n) is 17.2. The molecule has 0 heterocycles. The van der Waals surface area contributed by atoms with Crippen LogP contribution in [0.1, 0.15) is 78.8 Å². The van der Waals surface area contributed by atoms with Crippen LogP contribution in [-0.2, 0) is 0 Å². The second-order valence-electron chi connectivity index (χ2n) is 7.79. The van der Waals surface area contributed by atoms with E-state index in [9.17, 15) is 10.2 Å². The fourth-order valence-corrected chi connectivity index (χ4v) is 4.15. The molecular formula is C24H34O2. The third-order valence-corrected chi connectivity index (χ3v) is 5.67. The first-order valence-electron chi connectivity index (χ1n) is 9.90. The maximum absolute atomic E-state index is 10.2. The van der Waals surface area contributed by atoms with Gasteiger partial charge < -0.3 is 10.2 Å². The minimum Gasteiger partial charge on any atom is -0.507 e.